The van der Waals surface area contributed by atoms with Gasteiger partial charge in [0.15, 0.2) is 6.61 Å². The number of fused-ring (bicyclic) bond motifs is 1. The first-order valence-electron chi connectivity index (χ1n) is 7.43. The summed E-state index contributed by atoms with van der Waals surface area (Å²) in [6.45, 7) is -0.737. The van der Waals surface area contributed by atoms with Gasteiger partial charge < -0.3 is 14.5 Å². The van der Waals surface area contributed by atoms with Crippen LogP contribution < -0.4 is 5.32 Å². The number of halogens is 2. The van der Waals surface area contributed by atoms with Crippen LogP contribution in [0.4, 0.5) is 15.8 Å². The average Bonchev–Trinajstić information content (AvgIpc) is 3.04. The van der Waals surface area contributed by atoms with Crippen molar-refractivity contribution < 1.29 is 28.1 Å². The Morgan fingerprint density at radius 1 is 1.22 bits per heavy atom. The quantitative estimate of drug-likeness (QED) is 0.400. The van der Waals surface area contributed by atoms with E-state index in [1.165, 1.54) is 6.07 Å². The van der Waals surface area contributed by atoms with Crippen molar-refractivity contribution >= 4 is 45.8 Å². The predicted molar refractivity (Wildman–Crippen MR) is 93.2 cm³/mol. The largest absolute Gasteiger partial charge is 0.450 e. The van der Waals surface area contributed by atoms with Crippen molar-refractivity contribution in [1.82, 2.24) is 0 Å². The Morgan fingerprint density at radius 2 is 2.00 bits per heavy atom. The summed E-state index contributed by atoms with van der Waals surface area (Å²) in [6.07, 6.45) is 0. The Balaban J connectivity index is 1.64. The first kappa shape index (κ1) is 18.3. The van der Waals surface area contributed by atoms with Crippen LogP contribution in [-0.4, -0.2) is 23.4 Å². The second kappa shape index (κ2) is 7.42. The van der Waals surface area contributed by atoms with Crippen LogP contribution in [0.1, 0.15) is 10.6 Å². The molecule has 10 heteroatoms. The van der Waals surface area contributed by atoms with Gasteiger partial charge in [0.1, 0.15) is 11.4 Å². The molecule has 1 aromatic heterocycles. The van der Waals surface area contributed by atoms with Gasteiger partial charge in [-0.15, -0.1) is 0 Å². The van der Waals surface area contributed by atoms with Gasteiger partial charge in [0.05, 0.1) is 10.6 Å². The van der Waals surface area contributed by atoms with Crippen molar-refractivity contribution in [1.29, 1.82) is 0 Å². The van der Waals surface area contributed by atoms with Crippen molar-refractivity contribution in [3.63, 3.8) is 0 Å². The van der Waals surface area contributed by atoms with E-state index in [0.717, 1.165) is 18.2 Å². The number of rotatable bonds is 5. The molecule has 0 unspecified atom stereocenters. The van der Waals surface area contributed by atoms with Crippen LogP contribution in [0.2, 0.25) is 5.02 Å². The summed E-state index contributed by atoms with van der Waals surface area (Å²) < 4.78 is 23.7. The third kappa shape index (κ3) is 4.21. The number of carbonyl (C=O) groups is 2. The van der Waals surface area contributed by atoms with Gasteiger partial charge in [-0.05, 0) is 30.3 Å². The summed E-state index contributed by atoms with van der Waals surface area (Å²) >= 11 is 5.85. The lowest BCUT2D eigenvalue weighted by atomic mass is 10.2. The fraction of sp³-hybridized carbons (Fsp3) is 0.0588. The molecular formula is C17H10ClFN2O6. The van der Waals surface area contributed by atoms with E-state index in [0.29, 0.717) is 16.0 Å². The highest BCUT2D eigenvalue weighted by molar-refractivity contribution is 6.31. The second-order valence-corrected chi connectivity index (χ2v) is 5.77. The maximum absolute atomic E-state index is 13.6. The third-order valence-corrected chi connectivity index (χ3v) is 3.68. The van der Waals surface area contributed by atoms with Crippen molar-refractivity contribution in [3.8, 4) is 0 Å². The minimum Gasteiger partial charge on any atom is -0.450 e. The van der Waals surface area contributed by atoms with E-state index in [4.69, 9.17) is 20.8 Å². The second-order valence-electron chi connectivity index (χ2n) is 5.34. The standard InChI is InChI=1S/C17H10ClFN2O6/c18-10-1-4-14-9(5-10)6-15(27-14)17(23)26-8-16(22)20-13-7-11(21(24)25)2-3-12(13)19/h1-7H,8H2,(H,20,22). The smallest absolute Gasteiger partial charge is 0.374 e. The minimum atomic E-state index is -0.906. The molecular weight excluding hydrogens is 383 g/mol. The Hall–Kier alpha value is -3.46. The molecule has 2 aromatic carbocycles. The van der Waals surface area contributed by atoms with Gasteiger partial charge in [-0.25, -0.2) is 9.18 Å². The number of furan rings is 1. The van der Waals surface area contributed by atoms with Crippen molar-refractivity contribution in [2.24, 2.45) is 0 Å². The molecule has 0 saturated heterocycles. The summed E-state index contributed by atoms with van der Waals surface area (Å²) in [6, 6.07) is 8.82. The topological polar surface area (TPSA) is 112 Å². The van der Waals surface area contributed by atoms with Gasteiger partial charge >= 0.3 is 5.97 Å². The molecule has 0 saturated carbocycles. The average molecular weight is 393 g/mol. The molecule has 138 valence electrons. The van der Waals surface area contributed by atoms with E-state index in [2.05, 4.69) is 5.32 Å². The van der Waals surface area contributed by atoms with Gasteiger partial charge in [-0.2, -0.15) is 0 Å². The fourth-order valence-electron chi connectivity index (χ4n) is 2.23. The van der Waals surface area contributed by atoms with Gasteiger partial charge in [0.2, 0.25) is 5.76 Å². The molecule has 0 atom stereocenters. The Morgan fingerprint density at radius 3 is 2.74 bits per heavy atom. The lowest BCUT2D eigenvalue weighted by Gasteiger charge is -2.06. The number of ether oxygens (including phenoxy) is 1. The van der Waals surface area contributed by atoms with Crippen LogP contribution in [0.15, 0.2) is 46.9 Å². The molecule has 0 fully saturated rings. The zero-order valence-corrected chi connectivity index (χ0v) is 14.2. The number of hydrogen-bond donors (Lipinski definition) is 1. The number of carbonyl (C=O) groups excluding carboxylic acids is 2. The predicted octanol–water partition coefficient (Wildman–Crippen LogP) is 3.93. The Labute approximate surface area is 155 Å². The number of nitrogens with zero attached hydrogens (tertiary/aromatic N) is 1. The van der Waals surface area contributed by atoms with E-state index in [-0.39, 0.29) is 5.76 Å². The summed E-state index contributed by atoms with van der Waals surface area (Å²) in [5, 5.41) is 13.8. The number of non-ortho nitro benzene ring substituents is 1. The molecule has 0 aliphatic heterocycles. The first-order chi connectivity index (χ1) is 12.8. The molecule has 0 radical (unpaired) electrons. The van der Waals surface area contributed by atoms with Crippen molar-refractivity contribution in [2.45, 2.75) is 0 Å². The number of nitro benzene ring substituents is 1. The maximum Gasteiger partial charge on any atom is 0.374 e. The molecule has 0 aliphatic rings. The van der Waals surface area contributed by atoms with Crippen molar-refractivity contribution in [2.75, 3.05) is 11.9 Å². The maximum atomic E-state index is 13.6. The number of hydrogen-bond acceptors (Lipinski definition) is 6. The lowest BCUT2D eigenvalue weighted by molar-refractivity contribution is -0.384. The van der Waals surface area contributed by atoms with Crippen LogP contribution in [0, 0.1) is 15.9 Å². The highest BCUT2D eigenvalue weighted by Crippen LogP contribution is 2.24. The van der Waals surface area contributed by atoms with E-state index < -0.39 is 40.6 Å². The molecule has 3 aromatic rings. The number of anilines is 1. The summed E-state index contributed by atoms with van der Waals surface area (Å²) in [4.78, 5) is 33.8. The van der Waals surface area contributed by atoms with E-state index >= 15 is 0 Å². The van der Waals surface area contributed by atoms with Gasteiger partial charge in [0, 0.05) is 22.5 Å². The zero-order valence-electron chi connectivity index (χ0n) is 13.4. The van der Waals surface area contributed by atoms with Crippen LogP contribution in [0.25, 0.3) is 11.0 Å². The molecule has 3 rings (SSSR count). The number of amides is 1. The normalized spacial score (nSPS) is 10.6. The first-order valence-corrected chi connectivity index (χ1v) is 7.81. The summed E-state index contributed by atoms with van der Waals surface area (Å²) in [5.74, 6) is -2.78. The van der Waals surface area contributed by atoms with Crippen LogP contribution in [0.3, 0.4) is 0 Å². The lowest BCUT2D eigenvalue weighted by Crippen LogP contribution is -2.21. The van der Waals surface area contributed by atoms with E-state index in [1.807, 2.05) is 0 Å². The number of nitro groups is 1. The monoisotopic (exact) mass is 392 g/mol. The SMILES string of the molecule is O=C(COC(=O)c1cc2cc(Cl)ccc2o1)Nc1cc([N+](=O)[O-])ccc1F. The van der Waals surface area contributed by atoms with Gasteiger partial charge in [-0.1, -0.05) is 11.6 Å². The third-order valence-electron chi connectivity index (χ3n) is 3.45. The molecule has 8 nitrogen and oxygen atoms in total. The van der Waals surface area contributed by atoms with Crippen LogP contribution in [0.5, 0.6) is 0 Å². The minimum absolute atomic E-state index is 0.137. The zero-order chi connectivity index (χ0) is 19.6. The number of esters is 1. The Kier molecular flexibility index (Phi) is 5.04. The molecule has 1 heterocycles. The highest BCUT2D eigenvalue weighted by Gasteiger charge is 2.17. The molecule has 0 aliphatic carbocycles. The molecule has 0 bridgehead atoms. The molecule has 0 spiro atoms. The molecule has 1 amide bonds. The molecule has 27 heavy (non-hydrogen) atoms. The Bertz CT molecular complexity index is 1060. The van der Waals surface area contributed by atoms with Gasteiger partial charge in [-0.3, -0.25) is 14.9 Å². The molecule has 1 N–H and O–H groups in total. The highest BCUT2D eigenvalue weighted by atomic mass is 35.5. The van der Waals surface area contributed by atoms with Gasteiger partial charge in [0.25, 0.3) is 11.6 Å². The van der Waals surface area contributed by atoms with E-state index in [9.17, 15) is 24.1 Å². The number of nitrogens with one attached hydrogen (secondary N) is 1. The van der Waals surface area contributed by atoms with Crippen LogP contribution in [-0.2, 0) is 9.53 Å². The number of benzene rings is 2. The van der Waals surface area contributed by atoms with E-state index in [1.54, 1.807) is 18.2 Å². The fourth-order valence-corrected chi connectivity index (χ4v) is 2.41. The van der Waals surface area contributed by atoms with Crippen molar-refractivity contribution in [3.05, 3.63) is 69.2 Å². The summed E-state index contributed by atoms with van der Waals surface area (Å²) in [5.41, 5.74) is -0.386. The van der Waals surface area contributed by atoms with Crippen LogP contribution >= 0.6 is 11.6 Å². The summed E-state index contributed by atoms with van der Waals surface area (Å²) in [7, 11) is 0.